The third kappa shape index (κ3) is 3.31. The number of pyridine rings is 1. The van der Waals surface area contributed by atoms with Crippen LogP contribution in [0.2, 0.25) is 0 Å². The van der Waals surface area contributed by atoms with Crippen LogP contribution in [0.25, 0.3) is 76.9 Å². The van der Waals surface area contributed by atoms with Gasteiger partial charge < -0.3 is 9.13 Å². The van der Waals surface area contributed by atoms with Crippen molar-refractivity contribution in [2.75, 3.05) is 0 Å². The minimum absolute atomic E-state index is 1.11. The Morgan fingerprint density at radius 3 is 2.12 bits per heavy atom. The van der Waals surface area contributed by atoms with Gasteiger partial charge in [0.05, 0.1) is 28.3 Å². The van der Waals surface area contributed by atoms with Crippen LogP contribution in [0.15, 0.2) is 152 Å². The minimum atomic E-state index is 1.11. The van der Waals surface area contributed by atoms with Crippen LogP contribution in [0.5, 0.6) is 0 Å². The van der Waals surface area contributed by atoms with Gasteiger partial charge in [-0.2, -0.15) is 0 Å². The number of rotatable bonds is 3. The standard InChI is InChI=1S/C39H25N3/c1-2-11-29(12-3-1)41-36-16-8-14-31(39(36)34-21-22-40-25-38(34)41)28-18-20-33-32-13-6-7-15-35(32)42(37(33)24-28)30-19-17-26-9-4-5-10-27(26)23-30/h1-25H. The minimum Gasteiger partial charge on any atom is -0.309 e. The Kier molecular flexibility index (Phi) is 4.90. The first-order valence-electron chi connectivity index (χ1n) is 14.3. The summed E-state index contributed by atoms with van der Waals surface area (Å²) in [5.74, 6) is 0. The predicted molar refractivity (Wildman–Crippen MR) is 176 cm³/mol. The third-order valence-electron chi connectivity index (χ3n) is 8.58. The largest absolute Gasteiger partial charge is 0.309 e. The maximum Gasteiger partial charge on any atom is 0.0724 e. The van der Waals surface area contributed by atoms with Gasteiger partial charge in [-0.25, -0.2) is 0 Å². The molecule has 0 atom stereocenters. The van der Waals surface area contributed by atoms with Gasteiger partial charge in [0, 0.05) is 39.1 Å². The van der Waals surface area contributed by atoms with Crippen molar-refractivity contribution in [2.24, 2.45) is 0 Å². The van der Waals surface area contributed by atoms with Crippen molar-refractivity contribution < 1.29 is 0 Å². The molecule has 0 radical (unpaired) electrons. The van der Waals surface area contributed by atoms with Crippen LogP contribution in [0.3, 0.4) is 0 Å². The molecule has 0 bridgehead atoms. The number of para-hydroxylation sites is 2. The van der Waals surface area contributed by atoms with Gasteiger partial charge in [-0.1, -0.05) is 91.0 Å². The summed E-state index contributed by atoms with van der Waals surface area (Å²) < 4.78 is 4.74. The Hall–Kier alpha value is -5.67. The Labute approximate surface area is 242 Å². The lowest BCUT2D eigenvalue weighted by Gasteiger charge is -2.11. The number of aromatic nitrogens is 3. The number of fused-ring (bicyclic) bond motifs is 7. The summed E-state index contributed by atoms with van der Waals surface area (Å²) in [4.78, 5) is 4.50. The predicted octanol–water partition coefficient (Wildman–Crippen LogP) is 10.1. The molecule has 3 heterocycles. The normalized spacial score (nSPS) is 11.8. The molecule has 3 nitrogen and oxygen atoms in total. The lowest BCUT2D eigenvalue weighted by Crippen LogP contribution is -1.94. The lowest BCUT2D eigenvalue weighted by atomic mass is 9.98. The summed E-state index contributed by atoms with van der Waals surface area (Å²) >= 11 is 0. The van der Waals surface area contributed by atoms with Crippen molar-refractivity contribution in [1.82, 2.24) is 14.1 Å². The molecule has 0 aliphatic rings. The molecule has 9 rings (SSSR count). The molecule has 0 spiro atoms. The molecule has 196 valence electrons. The molecular weight excluding hydrogens is 510 g/mol. The van der Waals surface area contributed by atoms with Gasteiger partial charge in [-0.05, 0) is 70.4 Å². The van der Waals surface area contributed by atoms with E-state index in [0.717, 1.165) is 11.2 Å². The Morgan fingerprint density at radius 2 is 1.19 bits per heavy atom. The second-order valence-electron chi connectivity index (χ2n) is 10.9. The van der Waals surface area contributed by atoms with E-state index < -0.39 is 0 Å². The lowest BCUT2D eigenvalue weighted by molar-refractivity contribution is 1.17. The highest BCUT2D eigenvalue weighted by Crippen LogP contribution is 2.40. The second-order valence-corrected chi connectivity index (χ2v) is 10.9. The van der Waals surface area contributed by atoms with E-state index >= 15 is 0 Å². The van der Waals surface area contributed by atoms with E-state index in [0.29, 0.717) is 0 Å². The van der Waals surface area contributed by atoms with Crippen LogP contribution in [0, 0.1) is 0 Å². The fourth-order valence-corrected chi connectivity index (χ4v) is 6.74. The van der Waals surface area contributed by atoms with E-state index in [1.165, 1.54) is 65.7 Å². The van der Waals surface area contributed by atoms with Gasteiger partial charge in [0.1, 0.15) is 0 Å². The third-order valence-corrected chi connectivity index (χ3v) is 8.58. The first kappa shape index (κ1) is 23.1. The topological polar surface area (TPSA) is 22.8 Å². The van der Waals surface area contributed by atoms with E-state index in [1.54, 1.807) is 0 Å². The van der Waals surface area contributed by atoms with Gasteiger partial charge in [0.25, 0.3) is 0 Å². The van der Waals surface area contributed by atoms with Crippen LogP contribution in [-0.2, 0) is 0 Å². The molecule has 0 amide bonds. The zero-order valence-corrected chi connectivity index (χ0v) is 22.8. The quantitative estimate of drug-likeness (QED) is 0.221. The van der Waals surface area contributed by atoms with Crippen molar-refractivity contribution >= 4 is 54.4 Å². The average Bonchev–Trinajstić information content (AvgIpc) is 3.57. The first-order valence-corrected chi connectivity index (χ1v) is 14.3. The molecule has 0 saturated heterocycles. The van der Waals surface area contributed by atoms with E-state index in [9.17, 15) is 0 Å². The number of benzene rings is 6. The van der Waals surface area contributed by atoms with E-state index in [2.05, 4.69) is 154 Å². The number of nitrogens with zero attached hydrogens (tertiary/aromatic N) is 3. The molecule has 9 aromatic rings. The van der Waals surface area contributed by atoms with E-state index in [1.807, 2.05) is 12.4 Å². The van der Waals surface area contributed by atoms with Crippen LogP contribution in [-0.4, -0.2) is 14.1 Å². The van der Waals surface area contributed by atoms with Crippen LogP contribution in [0.1, 0.15) is 0 Å². The smallest absolute Gasteiger partial charge is 0.0724 e. The molecule has 0 saturated carbocycles. The zero-order chi connectivity index (χ0) is 27.6. The Balaban J connectivity index is 1.35. The molecule has 0 aliphatic heterocycles. The molecule has 3 aromatic heterocycles. The van der Waals surface area contributed by atoms with E-state index in [-0.39, 0.29) is 0 Å². The highest BCUT2D eigenvalue weighted by molar-refractivity contribution is 6.17. The van der Waals surface area contributed by atoms with Gasteiger partial charge in [0.2, 0.25) is 0 Å². The van der Waals surface area contributed by atoms with Crippen molar-refractivity contribution in [3.63, 3.8) is 0 Å². The Bertz CT molecular complexity index is 2460. The summed E-state index contributed by atoms with van der Waals surface area (Å²) in [5.41, 5.74) is 9.42. The first-order chi connectivity index (χ1) is 20.8. The van der Waals surface area contributed by atoms with Gasteiger partial charge >= 0.3 is 0 Å². The van der Waals surface area contributed by atoms with Gasteiger partial charge in [0.15, 0.2) is 0 Å². The maximum atomic E-state index is 4.50. The average molecular weight is 536 g/mol. The van der Waals surface area contributed by atoms with Crippen molar-refractivity contribution in [1.29, 1.82) is 0 Å². The molecule has 0 fully saturated rings. The van der Waals surface area contributed by atoms with Gasteiger partial charge in [-0.15, -0.1) is 0 Å². The monoisotopic (exact) mass is 535 g/mol. The summed E-state index contributed by atoms with van der Waals surface area (Å²) in [5, 5.41) is 7.45. The summed E-state index contributed by atoms with van der Waals surface area (Å²) in [7, 11) is 0. The van der Waals surface area contributed by atoms with Crippen LogP contribution >= 0.6 is 0 Å². The summed E-state index contributed by atoms with van der Waals surface area (Å²) in [6, 6.07) is 50.3. The summed E-state index contributed by atoms with van der Waals surface area (Å²) in [6.45, 7) is 0. The summed E-state index contributed by atoms with van der Waals surface area (Å²) in [6.07, 6.45) is 3.88. The van der Waals surface area contributed by atoms with Crippen LogP contribution < -0.4 is 0 Å². The number of hydrogen-bond acceptors (Lipinski definition) is 1. The highest BCUT2D eigenvalue weighted by Gasteiger charge is 2.18. The molecule has 42 heavy (non-hydrogen) atoms. The van der Waals surface area contributed by atoms with Crippen molar-refractivity contribution in [3.05, 3.63) is 152 Å². The maximum absolute atomic E-state index is 4.50. The molecule has 0 N–H and O–H groups in total. The van der Waals surface area contributed by atoms with Crippen molar-refractivity contribution in [3.8, 4) is 22.5 Å². The molecule has 0 aliphatic carbocycles. The zero-order valence-electron chi connectivity index (χ0n) is 22.8. The van der Waals surface area contributed by atoms with Gasteiger partial charge in [-0.3, -0.25) is 4.98 Å². The molecule has 6 aromatic carbocycles. The second kappa shape index (κ2) is 8.92. The SMILES string of the molecule is c1ccc(-n2c3cnccc3c3c(-c4ccc5c6ccccc6n(-c6ccc7ccccc7c6)c5c4)cccc32)cc1. The molecule has 3 heteroatoms. The number of hydrogen-bond donors (Lipinski definition) is 0. The molecule has 0 unspecified atom stereocenters. The van der Waals surface area contributed by atoms with Crippen LogP contribution in [0.4, 0.5) is 0 Å². The fourth-order valence-electron chi connectivity index (χ4n) is 6.74. The fraction of sp³-hybridized carbons (Fsp3) is 0. The van der Waals surface area contributed by atoms with Crippen molar-refractivity contribution in [2.45, 2.75) is 0 Å². The Morgan fingerprint density at radius 1 is 0.429 bits per heavy atom. The molecular formula is C39H25N3. The highest BCUT2D eigenvalue weighted by atomic mass is 15.0. The van der Waals surface area contributed by atoms with E-state index in [4.69, 9.17) is 0 Å².